The van der Waals surface area contributed by atoms with E-state index in [0.29, 0.717) is 54.3 Å². The van der Waals surface area contributed by atoms with Gasteiger partial charge in [-0.3, -0.25) is 4.90 Å². The molecule has 2 aromatic heterocycles. The highest BCUT2D eigenvalue weighted by Gasteiger charge is 2.71. The molecular weight excluding hydrogens is 520 g/mol. The van der Waals surface area contributed by atoms with Gasteiger partial charge >= 0.3 is 0 Å². The van der Waals surface area contributed by atoms with Gasteiger partial charge in [0.2, 0.25) is 5.95 Å². The molecule has 3 aliphatic carbocycles. The Morgan fingerprint density at radius 1 is 1.14 bits per heavy atom. The number of benzene rings is 1. The summed E-state index contributed by atoms with van der Waals surface area (Å²) in [5.41, 5.74) is 0.602. The molecule has 4 heterocycles. The van der Waals surface area contributed by atoms with Gasteiger partial charge in [-0.2, -0.15) is 5.10 Å². The first-order valence-electron chi connectivity index (χ1n) is 12.6. The van der Waals surface area contributed by atoms with Crippen LogP contribution in [-0.4, -0.2) is 86.5 Å². The predicted molar refractivity (Wildman–Crippen MR) is 140 cm³/mol. The number of aliphatic hydroxyl groups is 1. The van der Waals surface area contributed by atoms with Crippen molar-refractivity contribution in [3.8, 4) is 0 Å². The summed E-state index contributed by atoms with van der Waals surface area (Å²) in [4.78, 5) is 13.7. The Morgan fingerprint density at radius 3 is 2.57 bits per heavy atom. The predicted octanol–water partition coefficient (Wildman–Crippen LogP) is 3.75. The van der Waals surface area contributed by atoms with Crippen molar-refractivity contribution in [3.05, 3.63) is 34.7 Å². The molecule has 2 saturated heterocycles. The van der Waals surface area contributed by atoms with Gasteiger partial charge in [-0.25, -0.2) is 19.0 Å². The fourth-order valence-electron chi connectivity index (χ4n) is 6.46. The summed E-state index contributed by atoms with van der Waals surface area (Å²) in [6.07, 6.45) is 4.30. The number of nitrogens with zero attached hydrogens (tertiary/aromatic N) is 6. The second kappa shape index (κ2) is 8.13. The third-order valence-electron chi connectivity index (χ3n) is 8.72. The highest BCUT2D eigenvalue weighted by molar-refractivity contribution is 6.34. The van der Waals surface area contributed by atoms with E-state index >= 15 is 0 Å². The second-order valence-corrected chi connectivity index (χ2v) is 12.0. The number of hydrogen-bond donors (Lipinski definition) is 2. The smallest absolute Gasteiger partial charge is 0.227 e. The molecule has 9 nitrogen and oxygen atoms in total. The summed E-state index contributed by atoms with van der Waals surface area (Å²) in [6.45, 7) is 6.15. The van der Waals surface area contributed by atoms with Crippen molar-refractivity contribution in [3.63, 3.8) is 0 Å². The molecule has 2 atom stereocenters. The molecule has 0 amide bonds. The molecule has 1 aromatic carbocycles. The van der Waals surface area contributed by atoms with Crippen LogP contribution in [0.4, 0.5) is 21.7 Å². The van der Waals surface area contributed by atoms with Crippen LogP contribution in [0.5, 0.6) is 0 Å². The van der Waals surface area contributed by atoms with E-state index in [1.165, 1.54) is 0 Å². The maximum Gasteiger partial charge on any atom is 0.227 e. The molecule has 0 radical (unpaired) electrons. The molecule has 3 saturated carbocycles. The Morgan fingerprint density at radius 2 is 1.89 bits per heavy atom. The number of halogens is 3. The van der Waals surface area contributed by atoms with Gasteiger partial charge in [0, 0.05) is 57.0 Å². The lowest BCUT2D eigenvalue weighted by Crippen LogP contribution is -2.70. The minimum absolute atomic E-state index is 0.286. The molecule has 2 aliphatic heterocycles. The van der Waals surface area contributed by atoms with Crippen LogP contribution in [0.2, 0.25) is 10.2 Å². The van der Waals surface area contributed by atoms with Crippen molar-refractivity contribution in [2.75, 3.05) is 49.6 Å². The van der Waals surface area contributed by atoms with Crippen molar-refractivity contribution in [2.24, 2.45) is 0 Å². The van der Waals surface area contributed by atoms with E-state index in [-0.39, 0.29) is 11.1 Å². The van der Waals surface area contributed by atoms with E-state index in [1.807, 2.05) is 12.1 Å². The Balaban J connectivity index is 1.09. The van der Waals surface area contributed by atoms with Crippen LogP contribution < -0.4 is 10.2 Å². The molecular formula is C25H28Cl2FN7O2. The SMILES string of the molecule is CC1(N2CCN(c3cc4nc(Nc5cnn(C67CC(F)(C6)C7)c5Cl)ncc4cc3Cl)CC2)COCC1O. The van der Waals surface area contributed by atoms with Gasteiger partial charge in [-0.05, 0) is 19.1 Å². The van der Waals surface area contributed by atoms with E-state index < -0.39 is 11.8 Å². The number of aliphatic hydroxyl groups excluding tert-OH is 1. The lowest BCUT2D eigenvalue weighted by atomic mass is 9.47. The van der Waals surface area contributed by atoms with Gasteiger partial charge in [0.25, 0.3) is 0 Å². The van der Waals surface area contributed by atoms with Crippen LogP contribution in [0, 0.1) is 0 Å². The molecule has 2 bridgehead atoms. The Kier molecular flexibility index (Phi) is 5.24. The molecule has 5 aliphatic rings. The Hall–Kier alpha value is -2.24. The van der Waals surface area contributed by atoms with Crippen LogP contribution in [0.3, 0.4) is 0 Å². The number of aromatic nitrogens is 4. The summed E-state index contributed by atoms with van der Waals surface area (Å²) in [5.74, 6) is 0.398. The first-order valence-corrected chi connectivity index (χ1v) is 13.4. The molecule has 3 aromatic rings. The topological polar surface area (TPSA) is 91.6 Å². The van der Waals surface area contributed by atoms with Gasteiger partial charge < -0.3 is 20.1 Å². The normalized spacial score (nSPS) is 33.4. The average Bonchev–Trinajstić information content (AvgIpc) is 3.38. The molecule has 12 heteroatoms. The van der Waals surface area contributed by atoms with Gasteiger partial charge in [-0.1, -0.05) is 23.2 Å². The number of alkyl halides is 1. The quantitative estimate of drug-likeness (QED) is 0.499. The van der Waals surface area contributed by atoms with Crippen molar-refractivity contribution >= 4 is 51.4 Å². The van der Waals surface area contributed by atoms with E-state index in [1.54, 1.807) is 17.1 Å². The van der Waals surface area contributed by atoms with Gasteiger partial charge in [-0.15, -0.1) is 0 Å². The molecule has 2 N–H and O–H groups in total. The van der Waals surface area contributed by atoms with Crippen LogP contribution in [0.25, 0.3) is 10.9 Å². The van der Waals surface area contributed by atoms with Crippen molar-refractivity contribution in [1.29, 1.82) is 0 Å². The van der Waals surface area contributed by atoms with Crippen molar-refractivity contribution in [2.45, 2.75) is 49.0 Å². The third-order valence-corrected chi connectivity index (χ3v) is 9.39. The standard InChI is InChI=1S/C25H28Cl2FN7O2/c1-23(14-37-10-20(23)36)34-4-2-33(3-5-34)19-7-17-15(6-16(19)26)8-29-22(31-17)32-18-9-30-35(21(18)27)25-11-24(28,12-25)13-25/h6-9,20,36H,2-5,10-14H2,1H3,(H,29,31,32). The van der Waals surface area contributed by atoms with E-state index in [4.69, 9.17) is 32.9 Å². The van der Waals surface area contributed by atoms with Crippen LogP contribution >= 0.6 is 23.2 Å². The number of piperazine rings is 1. The fourth-order valence-corrected chi connectivity index (χ4v) is 7.07. The highest BCUT2D eigenvalue weighted by Crippen LogP contribution is 2.68. The number of rotatable bonds is 5. The van der Waals surface area contributed by atoms with Crippen molar-refractivity contribution < 1.29 is 14.2 Å². The monoisotopic (exact) mass is 547 g/mol. The summed E-state index contributed by atoms with van der Waals surface area (Å²) in [7, 11) is 0. The summed E-state index contributed by atoms with van der Waals surface area (Å²) in [6, 6.07) is 3.88. The van der Waals surface area contributed by atoms with Crippen LogP contribution in [0.1, 0.15) is 26.2 Å². The highest BCUT2D eigenvalue weighted by atomic mass is 35.5. The summed E-state index contributed by atoms with van der Waals surface area (Å²) < 4.78 is 21.3. The number of fused-ring (bicyclic) bond motifs is 1. The fraction of sp³-hybridized carbons (Fsp3) is 0.560. The zero-order valence-electron chi connectivity index (χ0n) is 20.4. The minimum Gasteiger partial charge on any atom is -0.389 e. The van der Waals surface area contributed by atoms with Gasteiger partial charge in [0.05, 0.1) is 58.5 Å². The molecule has 196 valence electrons. The maximum absolute atomic E-state index is 14.0. The van der Waals surface area contributed by atoms with E-state index in [2.05, 4.69) is 32.1 Å². The summed E-state index contributed by atoms with van der Waals surface area (Å²) in [5, 5.41) is 19.9. The summed E-state index contributed by atoms with van der Waals surface area (Å²) >= 11 is 13.3. The van der Waals surface area contributed by atoms with Crippen molar-refractivity contribution in [1.82, 2.24) is 24.6 Å². The number of hydrogen-bond acceptors (Lipinski definition) is 8. The van der Waals surface area contributed by atoms with E-state index in [9.17, 15) is 9.50 Å². The van der Waals surface area contributed by atoms with E-state index in [0.717, 1.165) is 42.8 Å². The first kappa shape index (κ1) is 23.8. The lowest BCUT2D eigenvalue weighted by Gasteiger charge is -2.65. The number of anilines is 3. The molecule has 5 fully saturated rings. The minimum atomic E-state index is -1.03. The van der Waals surface area contributed by atoms with Gasteiger partial charge in [0.15, 0.2) is 5.15 Å². The average molecular weight is 548 g/mol. The van der Waals surface area contributed by atoms with Gasteiger partial charge in [0.1, 0.15) is 5.67 Å². The van der Waals surface area contributed by atoms with Crippen LogP contribution in [0.15, 0.2) is 24.5 Å². The zero-order chi connectivity index (χ0) is 25.6. The molecule has 2 unspecified atom stereocenters. The molecule has 0 spiro atoms. The lowest BCUT2D eigenvalue weighted by molar-refractivity contribution is -0.203. The molecule has 37 heavy (non-hydrogen) atoms. The first-order chi connectivity index (χ1) is 17.7. The Labute approximate surface area is 223 Å². The molecule has 8 rings (SSSR count). The third kappa shape index (κ3) is 3.64. The largest absolute Gasteiger partial charge is 0.389 e. The second-order valence-electron chi connectivity index (χ2n) is 11.2. The zero-order valence-corrected chi connectivity index (χ0v) is 21.9. The number of nitrogens with one attached hydrogen (secondary N) is 1. The Bertz CT molecular complexity index is 1380. The maximum atomic E-state index is 14.0. The number of ether oxygens (including phenoxy) is 1. The van der Waals surface area contributed by atoms with Crippen LogP contribution in [-0.2, 0) is 10.3 Å².